The maximum atomic E-state index is 13.5. The van der Waals surface area contributed by atoms with Gasteiger partial charge in [0, 0.05) is 25.5 Å². The van der Waals surface area contributed by atoms with Gasteiger partial charge in [-0.15, -0.1) is 0 Å². The van der Waals surface area contributed by atoms with Gasteiger partial charge in [0.05, 0.1) is 42.9 Å². The number of fused-ring (bicyclic) bond motifs is 1. The molecule has 2 unspecified atom stereocenters. The van der Waals surface area contributed by atoms with E-state index in [-0.39, 0.29) is 24.0 Å². The number of likely N-dealkylation sites (tertiary alicyclic amines) is 1. The third-order valence-electron chi connectivity index (χ3n) is 7.07. The van der Waals surface area contributed by atoms with E-state index in [4.69, 9.17) is 4.74 Å². The van der Waals surface area contributed by atoms with E-state index >= 15 is 0 Å². The van der Waals surface area contributed by atoms with Gasteiger partial charge < -0.3 is 14.5 Å². The van der Waals surface area contributed by atoms with E-state index in [9.17, 15) is 9.59 Å². The summed E-state index contributed by atoms with van der Waals surface area (Å²) in [6, 6.07) is 0.286. The van der Waals surface area contributed by atoms with E-state index in [1.165, 1.54) is 25.7 Å². The smallest absolute Gasteiger partial charge is 0.230 e. The molecule has 1 aliphatic carbocycles. The Labute approximate surface area is 171 Å². The van der Waals surface area contributed by atoms with E-state index in [2.05, 4.69) is 9.97 Å². The van der Waals surface area contributed by atoms with E-state index in [0.717, 1.165) is 18.5 Å². The quantitative estimate of drug-likeness (QED) is 0.574. The second-order valence-corrected chi connectivity index (χ2v) is 8.90. The summed E-state index contributed by atoms with van der Waals surface area (Å²) in [5, 5.41) is 0. The van der Waals surface area contributed by atoms with E-state index in [1.807, 2.05) is 17.1 Å². The molecule has 4 heterocycles. The van der Waals surface area contributed by atoms with Crippen molar-refractivity contribution >= 4 is 11.8 Å². The van der Waals surface area contributed by atoms with Crippen LogP contribution < -0.4 is 0 Å². The van der Waals surface area contributed by atoms with Gasteiger partial charge in [0.25, 0.3) is 0 Å². The molecular weight excluding hydrogens is 368 g/mol. The summed E-state index contributed by atoms with van der Waals surface area (Å²) >= 11 is 0. The lowest BCUT2D eigenvalue weighted by Crippen LogP contribution is -2.45. The lowest BCUT2D eigenvalue weighted by molar-refractivity contribution is -0.143. The number of ether oxygens (including phenoxy) is 1. The SMILES string of the molecule is CN(Cc1cnccn1)C(=O)C1C2C(=O)N(C3CCCCCC3)C[C@]23C=C[C@H]1O3. The number of carbonyl (C=O) groups excluding carboxylic acids is 2. The molecule has 3 fully saturated rings. The van der Waals surface area contributed by atoms with Gasteiger partial charge in [0.1, 0.15) is 5.60 Å². The number of rotatable bonds is 4. The first-order valence-electron chi connectivity index (χ1n) is 10.8. The van der Waals surface area contributed by atoms with Gasteiger partial charge in [-0.2, -0.15) is 0 Å². The van der Waals surface area contributed by atoms with Crippen molar-refractivity contribution in [2.45, 2.75) is 62.8 Å². The van der Waals surface area contributed by atoms with Crippen LogP contribution in [0.4, 0.5) is 0 Å². The second kappa shape index (κ2) is 7.20. The first-order chi connectivity index (χ1) is 14.1. The zero-order valence-electron chi connectivity index (χ0n) is 16.9. The average molecular weight is 396 g/mol. The minimum atomic E-state index is -0.623. The summed E-state index contributed by atoms with van der Waals surface area (Å²) in [6.07, 6.45) is 15.6. The zero-order chi connectivity index (χ0) is 20.0. The molecular formula is C22H28N4O3. The third kappa shape index (κ3) is 3.06. The molecule has 5 rings (SSSR count). The number of carbonyl (C=O) groups is 2. The highest BCUT2D eigenvalue weighted by molar-refractivity contribution is 5.93. The van der Waals surface area contributed by atoms with E-state index in [0.29, 0.717) is 13.1 Å². The fourth-order valence-electron chi connectivity index (χ4n) is 5.68. The molecule has 1 aromatic heterocycles. The highest BCUT2D eigenvalue weighted by Crippen LogP contribution is 2.53. The molecule has 1 saturated carbocycles. The van der Waals surface area contributed by atoms with Crippen molar-refractivity contribution in [1.82, 2.24) is 19.8 Å². The Kier molecular flexibility index (Phi) is 4.65. The summed E-state index contributed by atoms with van der Waals surface area (Å²) in [5.74, 6) is -0.801. The molecule has 2 bridgehead atoms. The molecule has 7 heteroatoms. The summed E-state index contributed by atoms with van der Waals surface area (Å²) in [7, 11) is 1.77. The number of amides is 2. The number of nitrogens with zero attached hydrogens (tertiary/aromatic N) is 4. The minimum Gasteiger partial charge on any atom is -0.360 e. The van der Waals surface area contributed by atoms with Gasteiger partial charge in [0.2, 0.25) is 11.8 Å². The van der Waals surface area contributed by atoms with Crippen molar-refractivity contribution in [1.29, 1.82) is 0 Å². The largest absolute Gasteiger partial charge is 0.360 e. The first kappa shape index (κ1) is 18.7. The Hall–Kier alpha value is -2.28. The van der Waals surface area contributed by atoms with Crippen LogP contribution in [0.2, 0.25) is 0 Å². The molecule has 0 N–H and O–H groups in total. The fraction of sp³-hybridized carbons (Fsp3) is 0.636. The summed E-state index contributed by atoms with van der Waals surface area (Å²) in [4.78, 5) is 38.9. The minimum absolute atomic E-state index is 0.0482. The van der Waals surface area contributed by atoms with Crippen molar-refractivity contribution in [2.24, 2.45) is 11.8 Å². The Morgan fingerprint density at radius 2 is 2.07 bits per heavy atom. The molecule has 4 aliphatic rings. The number of hydrogen-bond donors (Lipinski definition) is 0. The summed E-state index contributed by atoms with van der Waals surface area (Å²) in [6.45, 7) is 0.964. The molecule has 2 saturated heterocycles. The van der Waals surface area contributed by atoms with Crippen LogP contribution in [0, 0.1) is 11.8 Å². The van der Waals surface area contributed by atoms with Crippen LogP contribution in [-0.4, -0.2) is 62.9 Å². The molecule has 7 nitrogen and oxygen atoms in total. The van der Waals surface area contributed by atoms with Crippen LogP contribution in [0.25, 0.3) is 0 Å². The third-order valence-corrected chi connectivity index (χ3v) is 7.07. The molecule has 3 aliphatic heterocycles. The number of aromatic nitrogens is 2. The topological polar surface area (TPSA) is 75.6 Å². The zero-order valence-corrected chi connectivity index (χ0v) is 16.9. The van der Waals surface area contributed by atoms with Gasteiger partial charge in [-0.3, -0.25) is 19.6 Å². The van der Waals surface area contributed by atoms with E-state index in [1.54, 1.807) is 30.5 Å². The monoisotopic (exact) mass is 396 g/mol. The van der Waals surface area contributed by atoms with E-state index < -0.39 is 17.4 Å². The van der Waals surface area contributed by atoms with Crippen molar-refractivity contribution in [2.75, 3.05) is 13.6 Å². The van der Waals surface area contributed by atoms with Gasteiger partial charge in [0.15, 0.2) is 0 Å². The van der Waals surface area contributed by atoms with Crippen LogP contribution in [0.1, 0.15) is 44.2 Å². The van der Waals surface area contributed by atoms with Crippen LogP contribution in [0.15, 0.2) is 30.7 Å². The normalized spacial score (nSPS) is 33.8. The highest BCUT2D eigenvalue weighted by Gasteiger charge is 2.67. The number of hydrogen-bond acceptors (Lipinski definition) is 5. The molecule has 2 amide bonds. The van der Waals surface area contributed by atoms with Crippen LogP contribution in [0.5, 0.6) is 0 Å². The van der Waals surface area contributed by atoms with Crippen LogP contribution in [0.3, 0.4) is 0 Å². The Morgan fingerprint density at radius 1 is 1.28 bits per heavy atom. The predicted octanol–water partition coefficient (Wildman–Crippen LogP) is 1.94. The van der Waals surface area contributed by atoms with Gasteiger partial charge in [-0.1, -0.05) is 37.8 Å². The Balaban J connectivity index is 1.36. The van der Waals surface area contributed by atoms with Crippen LogP contribution in [-0.2, 0) is 20.9 Å². The second-order valence-electron chi connectivity index (χ2n) is 8.90. The molecule has 1 spiro atoms. The van der Waals surface area contributed by atoms with Crippen molar-refractivity contribution in [3.63, 3.8) is 0 Å². The molecule has 4 atom stereocenters. The molecule has 0 aromatic carbocycles. The predicted molar refractivity (Wildman–Crippen MR) is 105 cm³/mol. The first-order valence-corrected chi connectivity index (χ1v) is 10.8. The van der Waals surface area contributed by atoms with Crippen molar-refractivity contribution in [3.8, 4) is 0 Å². The van der Waals surface area contributed by atoms with Gasteiger partial charge in [-0.05, 0) is 12.8 Å². The Morgan fingerprint density at radius 3 is 2.79 bits per heavy atom. The highest BCUT2D eigenvalue weighted by atomic mass is 16.5. The Bertz CT molecular complexity index is 821. The standard InChI is InChI=1S/C22H28N4O3/c1-25(13-15-12-23-10-11-24-15)20(27)18-17-8-9-22(29-17)14-26(21(28)19(18)22)16-6-4-2-3-5-7-16/h8-12,16-19H,2-7,13-14H2,1H3/t17-,18?,19?,22-/m1/s1. The average Bonchev–Trinajstić information content (AvgIpc) is 3.28. The van der Waals surface area contributed by atoms with Gasteiger partial charge in [-0.25, -0.2) is 0 Å². The molecule has 29 heavy (non-hydrogen) atoms. The van der Waals surface area contributed by atoms with Crippen LogP contribution >= 0.6 is 0 Å². The fourth-order valence-corrected chi connectivity index (χ4v) is 5.68. The maximum absolute atomic E-state index is 13.5. The lowest BCUT2D eigenvalue weighted by atomic mass is 9.76. The van der Waals surface area contributed by atoms with Crippen molar-refractivity contribution < 1.29 is 14.3 Å². The molecule has 0 radical (unpaired) electrons. The maximum Gasteiger partial charge on any atom is 0.230 e. The molecule has 1 aromatic rings. The lowest BCUT2D eigenvalue weighted by Gasteiger charge is -2.30. The van der Waals surface area contributed by atoms with Crippen molar-refractivity contribution in [3.05, 3.63) is 36.4 Å². The summed E-state index contributed by atoms with van der Waals surface area (Å²) < 4.78 is 6.29. The molecule has 154 valence electrons. The van der Waals surface area contributed by atoms with Gasteiger partial charge >= 0.3 is 0 Å². The summed E-state index contributed by atoms with van der Waals surface area (Å²) in [5.41, 5.74) is 0.109.